The summed E-state index contributed by atoms with van der Waals surface area (Å²) in [5.41, 5.74) is 9.01. The molecule has 2 aromatic rings. The summed E-state index contributed by atoms with van der Waals surface area (Å²) in [6.45, 7) is 2.18. The van der Waals surface area contributed by atoms with Gasteiger partial charge in [0.25, 0.3) is 5.91 Å². The van der Waals surface area contributed by atoms with Gasteiger partial charge in [0.2, 0.25) is 0 Å². The third kappa shape index (κ3) is 3.94. The number of rotatable bonds is 6. The second-order valence-corrected chi connectivity index (χ2v) is 7.28. The van der Waals surface area contributed by atoms with Crippen molar-refractivity contribution in [3.63, 3.8) is 0 Å². The minimum atomic E-state index is -0.309. The van der Waals surface area contributed by atoms with E-state index in [1.807, 2.05) is 18.2 Å². The number of nitriles is 1. The number of pyridine rings is 1. The second-order valence-electron chi connectivity index (χ2n) is 6.22. The number of amides is 1. The van der Waals surface area contributed by atoms with Crippen molar-refractivity contribution in [2.24, 2.45) is 10.7 Å². The molecule has 0 saturated heterocycles. The number of nitrogens with two attached hydrogens (primary N) is 1. The Balaban J connectivity index is 1.98. The van der Waals surface area contributed by atoms with Gasteiger partial charge in [-0.25, -0.2) is 0 Å². The van der Waals surface area contributed by atoms with E-state index >= 15 is 0 Å². The molecule has 0 fully saturated rings. The number of carbonyl (C=O) groups is 1. The number of hydrogen-bond acceptors (Lipinski definition) is 5. The largest absolute Gasteiger partial charge is 0.378 e. The van der Waals surface area contributed by atoms with Gasteiger partial charge in [0.1, 0.15) is 6.07 Å². The van der Waals surface area contributed by atoms with E-state index in [0.717, 1.165) is 41.3 Å². The van der Waals surface area contributed by atoms with Crippen molar-refractivity contribution in [3.8, 4) is 6.07 Å². The number of nitrogens with zero attached hydrogens (tertiary/aromatic N) is 3. The summed E-state index contributed by atoms with van der Waals surface area (Å²) in [5, 5.41) is 10.7. The standard InChI is InChI=1S/C20H20N4OS/c1-2-3-4-5-6-15-14(11-21)12-23-17-8-7-13(9-16(15)17)10-18-19(25)24-20(22)26-18/h7-10,12H,2-6H2,1H3,(H2,22,24,25). The third-order valence-corrected chi connectivity index (χ3v) is 5.15. The van der Waals surface area contributed by atoms with E-state index in [1.165, 1.54) is 24.6 Å². The number of unbranched alkanes of at least 4 members (excludes halogenated alkanes) is 3. The number of aryl methyl sites for hydroxylation is 1. The van der Waals surface area contributed by atoms with Crippen LogP contribution in [0.3, 0.4) is 0 Å². The Morgan fingerprint density at radius 2 is 2.15 bits per heavy atom. The lowest BCUT2D eigenvalue weighted by Crippen LogP contribution is -2.01. The first-order valence-electron chi connectivity index (χ1n) is 8.72. The average molecular weight is 364 g/mol. The number of aromatic nitrogens is 1. The van der Waals surface area contributed by atoms with E-state index in [4.69, 9.17) is 5.73 Å². The molecular formula is C20H20N4OS. The van der Waals surface area contributed by atoms with Crippen molar-refractivity contribution >= 4 is 39.8 Å². The van der Waals surface area contributed by atoms with Gasteiger partial charge < -0.3 is 5.73 Å². The summed E-state index contributed by atoms with van der Waals surface area (Å²) in [4.78, 5) is 20.4. The molecule has 3 rings (SSSR count). The quantitative estimate of drug-likeness (QED) is 0.614. The molecule has 2 heterocycles. The monoisotopic (exact) mass is 364 g/mol. The molecule has 0 unspecified atom stereocenters. The number of aliphatic imine (C=N–C) groups is 1. The van der Waals surface area contributed by atoms with Crippen molar-refractivity contribution in [2.45, 2.75) is 39.0 Å². The molecule has 1 aromatic carbocycles. The van der Waals surface area contributed by atoms with Crippen molar-refractivity contribution < 1.29 is 4.79 Å². The van der Waals surface area contributed by atoms with Crippen LogP contribution in [0.2, 0.25) is 0 Å². The first-order chi connectivity index (χ1) is 12.6. The predicted octanol–water partition coefficient (Wildman–Crippen LogP) is 4.16. The lowest BCUT2D eigenvalue weighted by molar-refractivity contribution is -0.113. The summed E-state index contributed by atoms with van der Waals surface area (Å²) in [5.74, 6) is -0.309. The first kappa shape index (κ1) is 18.2. The highest BCUT2D eigenvalue weighted by molar-refractivity contribution is 8.18. The van der Waals surface area contributed by atoms with Crippen LogP contribution < -0.4 is 5.73 Å². The normalized spacial score (nSPS) is 15.5. The highest BCUT2D eigenvalue weighted by Crippen LogP contribution is 2.29. The molecule has 5 nitrogen and oxygen atoms in total. The summed E-state index contributed by atoms with van der Waals surface area (Å²) < 4.78 is 0. The Hall–Kier alpha value is -2.65. The van der Waals surface area contributed by atoms with Crippen molar-refractivity contribution in [1.82, 2.24) is 4.98 Å². The molecule has 1 amide bonds. The smallest absolute Gasteiger partial charge is 0.286 e. The lowest BCUT2D eigenvalue weighted by atomic mass is 9.97. The Morgan fingerprint density at radius 1 is 1.31 bits per heavy atom. The molecule has 1 aliphatic rings. The molecule has 0 bridgehead atoms. The Bertz CT molecular complexity index is 956. The fourth-order valence-electron chi connectivity index (χ4n) is 3.03. The SMILES string of the molecule is CCCCCCc1c(C#N)cnc2ccc(C=C3SC(N)=NC3=O)cc12. The fourth-order valence-corrected chi connectivity index (χ4v) is 3.71. The molecule has 1 aromatic heterocycles. The Morgan fingerprint density at radius 3 is 2.85 bits per heavy atom. The predicted molar refractivity (Wildman–Crippen MR) is 107 cm³/mol. The minimum Gasteiger partial charge on any atom is -0.378 e. The number of thioether (sulfide) groups is 1. The van der Waals surface area contributed by atoms with Gasteiger partial charge in [-0.05, 0) is 53.9 Å². The molecule has 0 spiro atoms. The molecule has 132 valence electrons. The van der Waals surface area contributed by atoms with Crippen LogP contribution in [0.1, 0.15) is 49.3 Å². The zero-order chi connectivity index (χ0) is 18.5. The minimum absolute atomic E-state index is 0.270. The highest BCUT2D eigenvalue weighted by Gasteiger charge is 2.19. The van der Waals surface area contributed by atoms with Gasteiger partial charge in [0, 0.05) is 11.6 Å². The maximum Gasteiger partial charge on any atom is 0.286 e. The molecule has 26 heavy (non-hydrogen) atoms. The Labute approximate surface area is 157 Å². The van der Waals surface area contributed by atoms with Gasteiger partial charge in [0.05, 0.1) is 16.0 Å². The van der Waals surface area contributed by atoms with E-state index in [2.05, 4.69) is 23.0 Å². The van der Waals surface area contributed by atoms with E-state index in [9.17, 15) is 10.1 Å². The van der Waals surface area contributed by atoms with Crippen molar-refractivity contribution in [3.05, 3.63) is 46.0 Å². The molecule has 0 saturated carbocycles. The maximum absolute atomic E-state index is 11.8. The molecule has 0 aliphatic carbocycles. The number of benzene rings is 1. The van der Waals surface area contributed by atoms with Gasteiger partial charge >= 0.3 is 0 Å². The van der Waals surface area contributed by atoms with Crippen molar-refractivity contribution in [1.29, 1.82) is 5.26 Å². The number of carbonyl (C=O) groups excluding carboxylic acids is 1. The van der Waals surface area contributed by atoms with Gasteiger partial charge in [-0.15, -0.1) is 0 Å². The number of amidine groups is 1. The molecule has 2 N–H and O–H groups in total. The lowest BCUT2D eigenvalue weighted by Gasteiger charge is -2.09. The molecule has 0 radical (unpaired) electrons. The summed E-state index contributed by atoms with van der Waals surface area (Å²) in [7, 11) is 0. The average Bonchev–Trinajstić information content (AvgIpc) is 2.95. The highest BCUT2D eigenvalue weighted by atomic mass is 32.2. The van der Waals surface area contributed by atoms with E-state index < -0.39 is 0 Å². The molecule has 0 atom stereocenters. The van der Waals surface area contributed by atoms with Crippen LogP contribution in [0.5, 0.6) is 0 Å². The summed E-state index contributed by atoms with van der Waals surface area (Å²) in [6, 6.07) is 8.09. The summed E-state index contributed by atoms with van der Waals surface area (Å²) in [6.07, 6.45) is 8.87. The number of hydrogen-bond donors (Lipinski definition) is 1. The van der Waals surface area contributed by atoms with Crippen LogP contribution >= 0.6 is 11.8 Å². The molecular weight excluding hydrogens is 344 g/mol. The van der Waals surface area contributed by atoms with Gasteiger partial charge in [0.15, 0.2) is 5.17 Å². The zero-order valence-corrected chi connectivity index (χ0v) is 15.5. The van der Waals surface area contributed by atoms with Gasteiger partial charge in [-0.1, -0.05) is 32.3 Å². The fraction of sp³-hybridized carbons (Fsp3) is 0.300. The van der Waals surface area contributed by atoms with Crippen LogP contribution in [0.15, 0.2) is 34.3 Å². The maximum atomic E-state index is 11.8. The molecule has 6 heteroatoms. The number of fused-ring (bicyclic) bond motifs is 1. The van der Waals surface area contributed by atoms with E-state index in [-0.39, 0.29) is 11.1 Å². The van der Waals surface area contributed by atoms with Crippen LogP contribution in [-0.4, -0.2) is 16.1 Å². The van der Waals surface area contributed by atoms with Crippen LogP contribution in [0.25, 0.3) is 17.0 Å². The van der Waals surface area contributed by atoms with Gasteiger partial charge in [-0.2, -0.15) is 10.3 Å². The van der Waals surface area contributed by atoms with Gasteiger partial charge in [-0.3, -0.25) is 9.78 Å². The first-order valence-corrected chi connectivity index (χ1v) is 9.53. The van der Waals surface area contributed by atoms with E-state index in [0.29, 0.717) is 10.5 Å². The van der Waals surface area contributed by atoms with Crippen LogP contribution in [0, 0.1) is 11.3 Å². The van der Waals surface area contributed by atoms with Crippen LogP contribution in [0.4, 0.5) is 0 Å². The van der Waals surface area contributed by atoms with Crippen LogP contribution in [-0.2, 0) is 11.2 Å². The topological polar surface area (TPSA) is 92.1 Å². The molecule has 1 aliphatic heterocycles. The summed E-state index contributed by atoms with van der Waals surface area (Å²) >= 11 is 1.18. The Kier molecular flexibility index (Phi) is 5.69. The second kappa shape index (κ2) is 8.15. The van der Waals surface area contributed by atoms with Crippen molar-refractivity contribution in [2.75, 3.05) is 0 Å². The zero-order valence-electron chi connectivity index (χ0n) is 14.7. The van der Waals surface area contributed by atoms with E-state index in [1.54, 1.807) is 12.3 Å². The third-order valence-electron chi connectivity index (χ3n) is 4.34.